The van der Waals surface area contributed by atoms with Crippen LogP contribution in [0.5, 0.6) is 5.75 Å². The molecular weight excluding hydrogens is 354 g/mol. The molecule has 4 rings (SSSR count). The van der Waals surface area contributed by atoms with Gasteiger partial charge in [-0.25, -0.2) is 0 Å². The van der Waals surface area contributed by atoms with E-state index in [9.17, 15) is 0 Å². The van der Waals surface area contributed by atoms with E-state index < -0.39 is 0 Å². The van der Waals surface area contributed by atoms with E-state index in [2.05, 4.69) is 32.5 Å². The summed E-state index contributed by atoms with van der Waals surface area (Å²) in [6.45, 7) is 0.747. The molecule has 0 N–H and O–H groups in total. The lowest BCUT2D eigenvalue weighted by atomic mass is 10.2. The van der Waals surface area contributed by atoms with Crippen molar-refractivity contribution in [3.05, 3.63) is 72.3 Å². The van der Waals surface area contributed by atoms with E-state index in [1.807, 2.05) is 66.5 Å². The second-order valence-corrected chi connectivity index (χ2v) is 6.27. The highest BCUT2D eigenvalue weighted by Crippen LogP contribution is 2.23. The average Bonchev–Trinajstić information content (AvgIpc) is 3.25. The molecule has 0 aliphatic heterocycles. The molecule has 0 saturated carbocycles. The van der Waals surface area contributed by atoms with Crippen LogP contribution in [0.25, 0.3) is 23.0 Å². The first-order valence-corrected chi connectivity index (χ1v) is 8.80. The number of methoxy groups -OCH3 is 1. The molecule has 0 aliphatic rings. The maximum Gasteiger partial charge on any atom is 0.278 e. The van der Waals surface area contributed by atoms with E-state index >= 15 is 0 Å². The fourth-order valence-electron chi connectivity index (χ4n) is 2.77. The number of hydrogen-bond acceptors (Lipinski definition) is 7. The zero-order chi connectivity index (χ0) is 19.3. The molecule has 2 heterocycles. The summed E-state index contributed by atoms with van der Waals surface area (Å²) in [5.74, 6) is 2.36. The molecular formula is C21H19N5O2. The third-order valence-corrected chi connectivity index (χ3v) is 4.30. The van der Waals surface area contributed by atoms with Gasteiger partial charge >= 0.3 is 0 Å². The van der Waals surface area contributed by atoms with Gasteiger partial charge in [-0.3, -0.25) is 0 Å². The average molecular weight is 373 g/mol. The molecule has 7 heteroatoms. The van der Waals surface area contributed by atoms with E-state index in [-0.39, 0.29) is 0 Å². The van der Waals surface area contributed by atoms with Crippen LogP contribution in [0.2, 0.25) is 0 Å². The van der Waals surface area contributed by atoms with Crippen molar-refractivity contribution >= 4 is 5.82 Å². The summed E-state index contributed by atoms with van der Waals surface area (Å²) in [5, 5.41) is 12.6. The van der Waals surface area contributed by atoms with Crippen molar-refractivity contribution < 1.29 is 9.26 Å². The molecule has 0 aliphatic carbocycles. The molecule has 140 valence electrons. The minimum absolute atomic E-state index is 0.329. The maximum atomic E-state index is 5.35. The third kappa shape index (κ3) is 3.83. The van der Waals surface area contributed by atoms with Crippen molar-refractivity contribution in [3.8, 4) is 28.7 Å². The summed E-state index contributed by atoms with van der Waals surface area (Å²) >= 11 is 0. The Morgan fingerprint density at radius 2 is 1.71 bits per heavy atom. The lowest BCUT2D eigenvalue weighted by Crippen LogP contribution is -2.18. The van der Waals surface area contributed by atoms with Crippen molar-refractivity contribution in [1.29, 1.82) is 0 Å². The topological polar surface area (TPSA) is 77.2 Å². The van der Waals surface area contributed by atoms with Gasteiger partial charge in [0.1, 0.15) is 5.75 Å². The number of nitrogens with zero attached hydrogens (tertiary/aromatic N) is 5. The van der Waals surface area contributed by atoms with Gasteiger partial charge in [-0.15, -0.1) is 10.2 Å². The van der Waals surface area contributed by atoms with Crippen molar-refractivity contribution in [2.75, 3.05) is 19.1 Å². The molecule has 2 aromatic heterocycles. The molecule has 0 amide bonds. The van der Waals surface area contributed by atoms with Gasteiger partial charge < -0.3 is 14.2 Å². The van der Waals surface area contributed by atoms with Gasteiger partial charge in [-0.2, -0.15) is 4.98 Å². The molecule has 0 unspecified atom stereocenters. The van der Waals surface area contributed by atoms with Gasteiger partial charge in [-0.1, -0.05) is 35.5 Å². The van der Waals surface area contributed by atoms with Crippen LogP contribution >= 0.6 is 0 Å². The minimum Gasteiger partial charge on any atom is -0.497 e. The maximum absolute atomic E-state index is 5.35. The molecule has 0 atom stereocenters. The second-order valence-electron chi connectivity index (χ2n) is 6.27. The highest BCUT2D eigenvalue weighted by atomic mass is 16.5. The number of anilines is 1. The summed E-state index contributed by atoms with van der Waals surface area (Å²) in [7, 11) is 3.60. The largest absolute Gasteiger partial charge is 0.497 e. The van der Waals surface area contributed by atoms with Crippen LogP contribution in [0.1, 0.15) is 5.56 Å². The van der Waals surface area contributed by atoms with E-state index in [1.54, 1.807) is 7.11 Å². The fourth-order valence-corrected chi connectivity index (χ4v) is 2.77. The standard InChI is InChI=1S/C21H19N5O2/c1-26(14-15-6-4-3-5-7-15)19-13-12-18(23-24-19)21-22-20(25-28-21)16-8-10-17(27-2)11-9-16/h3-13H,14H2,1-2H3. The SMILES string of the molecule is COc1ccc(-c2noc(-c3ccc(N(C)Cc4ccccc4)nn3)n2)cc1. The van der Waals surface area contributed by atoms with Gasteiger partial charge in [0.25, 0.3) is 5.89 Å². The molecule has 2 aromatic carbocycles. The Labute approximate surface area is 162 Å². The zero-order valence-electron chi connectivity index (χ0n) is 15.6. The van der Waals surface area contributed by atoms with Crippen LogP contribution in [0, 0.1) is 0 Å². The molecule has 0 spiro atoms. The second kappa shape index (κ2) is 7.87. The fraction of sp³-hybridized carbons (Fsp3) is 0.143. The highest BCUT2D eigenvalue weighted by molar-refractivity contribution is 5.59. The predicted octanol–water partition coefficient (Wildman–Crippen LogP) is 3.84. The van der Waals surface area contributed by atoms with E-state index in [0.717, 1.165) is 23.7 Å². The molecule has 0 fully saturated rings. The van der Waals surface area contributed by atoms with Gasteiger partial charge in [-0.05, 0) is 42.0 Å². The van der Waals surface area contributed by atoms with Crippen LogP contribution in [0.3, 0.4) is 0 Å². The monoisotopic (exact) mass is 373 g/mol. The van der Waals surface area contributed by atoms with Gasteiger partial charge in [0, 0.05) is 19.2 Å². The number of benzene rings is 2. The van der Waals surface area contributed by atoms with E-state index in [0.29, 0.717) is 17.4 Å². The molecule has 7 nitrogen and oxygen atoms in total. The number of ether oxygens (including phenoxy) is 1. The van der Waals surface area contributed by atoms with Gasteiger partial charge in [0.05, 0.1) is 7.11 Å². The number of rotatable bonds is 6. The lowest BCUT2D eigenvalue weighted by Gasteiger charge is -2.17. The highest BCUT2D eigenvalue weighted by Gasteiger charge is 2.13. The number of aromatic nitrogens is 4. The predicted molar refractivity (Wildman–Crippen MR) is 106 cm³/mol. The Kier molecular flexibility index (Phi) is 4.97. The van der Waals surface area contributed by atoms with Crippen molar-refractivity contribution in [2.45, 2.75) is 6.54 Å². The van der Waals surface area contributed by atoms with Gasteiger partial charge in [0.2, 0.25) is 5.82 Å². The Bertz CT molecular complexity index is 1030. The molecule has 0 bridgehead atoms. The van der Waals surface area contributed by atoms with E-state index in [4.69, 9.17) is 9.26 Å². The number of hydrogen-bond donors (Lipinski definition) is 0. The smallest absolute Gasteiger partial charge is 0.278 e. The minimum atomic E-state index is 0.329. The third-order valence-electron chi connectivity index (χ3n) is 4.30. The summed E-state index contributed by atoms with van der Waals surface area (Å²) in [4.78, 5) is 6.44. The van der Waals surface area contributed by atoms with Crippen LogP contribution in [-0.2, 0) is 6.54 Å². The molecule has 4 aromatic rings. The normalized spacial score (nSPS) is 10.6. The Morgan fingerprint density at radius 1 is 0.929 bits per heavy atom. The zero-order valence-corrected chi connectivity index (χ0v) is 15.6. The van der Waals surface area contributed by atoms with Crippen LogP contribution < -0.4 is 9.64 Å². The lowest BCUT2D eigenvalue weighted by molar-refractivity contribution is 0.414. The quantitative estimate of drug-likeness (QED) is 0.508. The Balaban J connectivity index is 1.48. The molecule has 0 radical (unpaired) electrons. The van der Waals surface area contributed by atoms with Gasteiger partial charge in [0.15, 0.2) is 11.5 Å². The summed E-state index contributed by atoms with van der Waals surface area (Å²) in [5.41, 5.74) is 2.57. The molecule has 0 saturated heterocycles. The summed E-state index contributed by atoms with van der Waals surface area (Å²) in [6, 6.07) is 21.4. The van der Waals surface area contributed by atoms with E-state index in [1.165, 1.54) is 5.56 Å². The van der Waals surface area contributed by atoms with Crippen molar-refractivity contribution in [1.82, 2.24) is 20.3 Å². The Morgan fingerprint density at radius 3 is 2.39 bits per heavy atom. The van der Waals surface area contributed by atoms with Crippen molar-refractivity contribution in [2.24, 2.45) is 0 Å². The first kappa shape index (κ1) is 17.7. The summed E-state index contributed by atoms with van der Waals surface area (Å²) < 4.78 is 10.5. The van der Waals surface area contributed by atoms with Crippen molar-refractivity contribution in [3.63, 3.8) is 0 Å². The summed E-state index contributed by atoms with van der Waals surface area (Å²) in [6.07, 6.45) is 0. The molecule has 28 heavy (non-hydrogen) atoms. The Hall–Kier alpha value is -3.74. The van der Waals surface area contributed by atoms with Crippen LogP contribution in [0.15, 0.2) is 71.3 Å². The van der Waals surface area contributed by atoms with Crippen LogP contribution in [-0.4, -0.2) is 34.5 Å². The first-order valence-electron chi connectivity index (χ1n) is 8.80. The first-order chi connectivity index (χ1) is 13.7. The van der Waals surface area contributed by atoms with Crippen LogP contribution in [0.4, 0.5) is 5.82 Å².